The van der Waals surface area contributed by atoms with E-state index in [1.54, 1.807) is 24.3 Å². The lowest BCUT2D eigenvalue weighted by atomic mass is 10.1. The Morgan fingerprint density at radius 2 is 2.07 bits per heavy atom. The minimum atomic E-state index is -0.388. The van der Waals surface area contributed by atoms with Crippen LogP contribution in [0.15, 0.2) is 29.1 Å². The topological polar surface area (TPSA) is 78.6 Å². The first-order valence-corrected chi connectivity index (χ1v) is 4.00. The molecule has 1 aromatic carbocycles. The van der Waals surface area contributed by atoms with Gasteiger partial charge in [-0.05, 0) is 0 Å². The van der Waals surface area contributed by atoms with E-state index in [0.717, 1.165) is 6.29 Å². The van der Waals surface area contributed by atoms with Gasteiger partial charge < -0.3 is 0 Å². The van der Waals surface area contributed by atoms with Crippen molar-refractivity contribution >= 4 is 6.29 Å². The van der Waals surface area contributed by atoms with Crippen molar-refractivity contribution in [1.82, 2.24) is 15.2 Å². The summed E-state index contributed by atoms with van der Waals surface area (Å²) in [6, 6.07) is 6.90. The van der Waals surface area contributed by atoms with Crippen LogP contribution in [-0.4, -0.2) is 21.5 Å². The lowest BCUT2D eigenvalue weighted by Gasteiger charge is -1.97. The predicted octanol–water partition coefficient (Wildman–Crippen LogP) is 0.577. The zero-order valence-corrected chi connectivity index (χ0v) is 7.15. The highest BCUT2D eigenvalue weighted by Gasteiger charge is 2.06. The zero-order valence-electron chi connectivity index (χ0n) is 7.15. The standard InChI is InChI=1S/C9H7N3O2/c13-5-6-3-1-2-4-7(6)8-10-9(14)12-11-8/h1-5H,(H2,10,11,12,14). The molecule has 0 atom stereocenters. The summed E-state index contributed by atoms with van der Waals surface area (Å²) < 4.78 is 0. The van der Waals surface area contributed by atoms with E-state index in [-0.39, 0.29) is 5.69 Å². The number of nitrogens with zero attached hydrogens (tertiary/aromatic N) is 1. The summed E-state index contributed by atoms with van der Waals surface area (Å²) in [6.45, 7) is 0. The van der Waals surface area contributed by atoms with E-state index in [1.165, 1.54) is 0 Å². The van der Waals surface area contributed by atoms with E-state index in [2.05, 4.69) is 15.2 Å². The molecule has 0 aliphatic heterocycles. The number of nitrogens with one attached hydrogen (secondary N) is 2. The number of hydrogen-bond acceptors (Lipinski definition) is 3. The molecule has 14 heavy (non-hydrogen) atoms. The zero-order chi connectivity index (χ0) is 9.97. The lowest BCUT2D eigenvalue weighted by Crippen LogP contribution is -2.00. The van der Waals surface area contributed by atoms with Crippen molar-refractivity contribution in [2.75, 3.05) is 0 Å². The summed E-state index contributed by atoms with van der Waals surface area (Å²) in [5.41, 5.74) is 0.719. The first kappa shape index (κ1) is 8.43. The van der Waals surface area contributed by atoms with Crippen LogP contribution in [0, 0.1) is 0 Å². The average molecular weight is 189 g/mol. The molecule has 0 fully saturated rings. The monoisotopic (exact) mass is 189 g/mol. The first-order chi connectivity index (χ1) is 6.81. The average Bonchev–Trinajstić information content (AvgIpc) is 2.65. The summed E-state index contributed by atoms with van der Waals surface area (Å²) in [4.78, 5) is 24.0. The molecule has 0 unspecified atom stereocenters. The van der Waals surface area contributed by atoms with E-state index in [0.29, 0.717) is 17.0 Å². The lowest BCUT2D eigenvalue weighted by molar-refractivity contribution is 0.112. The highest BCUT2D eigenvalue weighted by molar-refractivity contribution is 5.85. The summed E-state index contributed by atoms with van der Waals surface area (Å²) >= 11 is 0. The van der Waals surface area contributed by atoms with Gasteiger partial charge in [0.2, 0.25) is 0 Å². The molecule has 0 bridgehead atoms. The third-order valence-corrected chi connectivity index (χ3v) is 1.84. The number of aldehydes is 1. The maximum absolute atomic E-state index is 10.8. The maximum atomic E-state index is 10.8. The number of rotatable bonds is 2. The molecule has 0 radical (unpaired) electrons. The van der Waals surface area contributed by atoms with Crippen LogP contribution in [0.3, 0.4) is 0 Å². The van der Waals surface area contributed by atoms with Gasteiger partial charge in [-0.25, -0.2) is 9.89 Å². The van der Waals surface area contributed by atoms with Crippen molar-refractivity contribution < 1.29 is 4.79 Å². The quantitative estimate of drug-likeness (QED) is 0.678. The molecule has 5 nitrogen and oxygen atoms in total. The predicted molar refractivity (Wildman–Crippen MR) is 50.0 cm³/mol. The Hall–Kier alpha value is -2.17. The van der Waals surface area contributed by atoms with Crippen molar-refractivity contribution in [3.05, 3.63) is 40.3 Å². The highest BCUT2D eigenvalue weighted by Crippen LogP contribution is 2.16. The molecule has 2 aromatic rings. The smallest absolute Gasteiger partial charge is 0.298 e. The number of benzene rings is 1. The Kier molecular flexibility index (Phi) is 1.98. The fourth-order valence-electron chi connectivity index (χ4n) is 1.21. The number of carbonyl (C=O) groups excluding carboxylic acids is 1. The van der Waals surface area contributed by atoms with E-state index in [1.807, 2.05) is 0 Å². The van der Waals surface area contributed by atoms with Gasteiger partial charge in [0.1, 0.15) is 0 Å². The Morgan fingerprint density at radius 3 is 2.71 bits per heavy atom. The van der Waals surface area contributed by atoms with Gasteiger partial charge in [0.15, 0.2) is 12.1 Å². The fourth-order valence-corrected chi connectivity index (χ4v) is 1.21. The third-order valence-electron chi connectivity index (χ3n) is 1.84. The van der Waals surface area contributed by atoms with Gasteiger partial charge in [-0.3, -0.25) is 9.78 Å². The van der Waals surface area contributed by atoms with Crippen LogP contribution < -0.4 is 5.69 Å². The summed E-state index contributed by atoms with van der Waals surface area (Å²) in [7, 11) is 0. The molecule has 0 spiro atoms. The SMILES string of the molecule is O=Cc1ccccc1-c1n[nH]c(=O)[nH]1. The number of aromatic nitrogens is 3. The molecule has 1 heterocycles. The molecule has 2 N–H and O–H groups in total. The minimum absolute atomic E-state index is 0.373. The molecular formula is C9H7N3O2. The fraction of sp³-hybridized carbons (Fsp3) is 0. The summed E-state index contributed by atoms with van der Waals surface area (Å²) in [6.07, 6.45) is 0.725. The summed E-state index contributed by atoms with van der Waals surface area (Å²) in [5, 5.41) is 5.98. The van der Waals surface area contributed by atoms with Gasteiger partial charge in [0.25, 0.3) is 0 Å². The van der Waals surface area contributed by atoms with Crippen molar-refractivity contribution in [3.63, 3.8) is 0 Å². The summed E-state index contributed by atoms with van der Waals surface area (Å²) in [5.74, 6) is 0.373. The number of H-pyrrole nitrogens is 2. The second-order valence-electron chi connectivity index (χ2n) is 2.73. The van der Waals surface area contributed by atoms with Gasteiger partial charge >= 0.3 is 5.69 Å². The van der Waals surface area contributed by atoms with Crippen LogP contribution in [0.1, 0.15) is 10.4 Å². The molecule has 5 heteroatoms. The van der Waals surface area contributed by atoms with Crippen LogP contribution in [0.2, 0.25) is 0 Å². The van der Waals surface area contributed by atoms with Gasteiger partial charge in [-0.15, -0.1) is 0 Å². The van der Waals surface area contributed by atoms with Crippen molar-refractivity contribution in [2.24, 2.45) is 0 Å². The molecule has 70 valence electrons. The first-order valence-electron chi connectivity index (χ1n) is 4.00. The number of hydrogen-bond donors (Lipinski definition) is 2. The van der Waals surface area contributed by atoms with Crippen LogP contribution >= 0.6 is 0 Å². The maximum Gasteiger partial charge on any atom is 0.340 e. The van der Waals surface area contributed by atoms with Crippen molar-refractivity contribution in [1.29, 1.82) is 0 Å². The Balaban J connectivity index is 2.61. The third kappa shape index (κ3) is 1.35. The molecule has 1 aromatic heterocycles. The van der Waals surface area contributed by atoms with E-state index in [4.69, 9.17) is 0 Å². The Bertz CT molecular complexity index is 513. The van der Waals surface area contributed by atoms with Crippen LogP contribution in [0.25, 0.3) is 11.4 Å². The van der Waals surface area contributed by atoms with E-state index < -0.39 is 0 Å². The van der Waals surface area contributed by atoms with Crippen molar-refractivity contribution in [2.45, 2.75) is 0 Å². The normalized spacial score (nSPS) is 10.0. The van der Waals surface area contributed by atoms with Crippen molar-refractivity contribution in [3.8, 4) is 11.4 Å². The van der Waals surface area contributed by atoms with Crippen LogP contribution in [0.4, 0.5) is 0 Å². The van der Waals surface area contributed by atoms with Gasteiger partial charge in [-0.2, -0.15) is 5.10 Å². The second-order valence-corrected chi connectivity index (χ2v) is 2.73. The molecule has 0 aliphatic carbocycles. The highest BCUT2D eigenvalue weighted by atomic mass is 16.1. The minimum Gasteiger partial charge on any atom is -0.298 e. The molecule has 0 aliphatic rings. The molecule has 0 saturated heterocycles. The molecule has 2 rings (SSSR count). The number of carbonyl (C=O) groups is 1. The van der Waals surface area contributed by atoms with E-state index >= 15 is 0 Å². The number of aromatic amines is 2. The van der Waals surface area contributed by atoms with Crippen LogP contribution in [-0.2, 0) is 0 Å². The van der Waals surface area contributed by atoms with Gasteiger partial charge in [0, 0.05) is 11.1 Å². The molecule has 0 saturated carbocycles. The molecular weight excluding hydrogens is 182 g/mol. The van der Waals surface area contributed by atoms with Crippen LogP contribution in [0.5, 0.6) is 0 Å². The van der Waals surface area contributed by atoms with Gasteiger partial charge in [0.05, 0.1) is 0 Å². The van der Waals surface area contributed by atoms with Gasteiger partial charge in [-0.1, -0.05) is 24.3 Å². The molecule has 0 amide bonds. The van der Waals surface area contributed by atoms with E-state index in [9.17, 15) is 9.59 Å². The Labute approximate surface area is 78.8 Å². The largest absolute Gasteiger partial charge is 0.340 e. The second kappa shape index (κ2) is 3.29. The Morgan fingerprint density at radius 1 is 1.29 bits per heavy atom.